The number of fused-ring (bicyclic) bond motifs is 1. The van der Waals surface area contributed by atoms with Gasteiger partial charge in [0.2, 0.25) is 15.9 Å². The highest BCUT2D eigenvalue weighted by Gasteiger charge is 2.27. The third-order valence-corrected chi connectivity index (χ3v) is 8.71. The molecule has 0 spiro atoms. The van der Waals surface area contributed by atoms with Gasteiger partial charge in [0.05, 0.1) is 42.0 Å². The summed E-state index contributed by atoms with van der Waals surface area (Å²) in [4.78, 5) is 17.3. The Labute approximate surface area is 209 Å². The molecule has 0 saturated carbocycles. The van der Waals surface area contributed by atoms with Crippen LogP contribution in [0.25, 0.3) is 11.0 Å². The van der Waals surface area contributed by atoms with E-state index in [1.54, 1.807) is 25.3 Å². The van der Waals surface area contributed by atoms with Crippen molar-refractivity contribution >= 4 is 38.7 Å². The fourth-order valence-electron chi connectivity index (χ4n) is 3.92. The van der Waals surface area contributed by atoms with Crippen LogP contribution in [-0.4, -0.2) is 73.9 Å². The average molecular weight is 519 g/mol. The molecular weight excluding hydrogens is 488 g/mol. The number of nitrogens with one attached hydrogen (secondary N) is 1. The van der Waals surface area contributed by atoms with Crippen molar-refractivity contribution in [2.75, 3.05) is 45.7 Å². The first-order valence-electron chi connectivity index (χ1n) is 11.5. The van der Waals surface area contributed by atoms with E-state index in [-0.39, 0.29) is 16.6 Å². The maximum absolute atomic E-state index is 13.0. The number of sulfonamides is 1. The molecule has 1 aliphatic rings. The molecule has 0 atom stereocenters. The Morgan fingerprint density at radius 1 is 1.17 bits per heavy atom. The molecule has 35 heavy (non-hydrogen) atoms. The number of aryl methyl sites for hydroxylation is 1. The predicted octanol–water partition coefficient (Wildman–Crippen LogP) is 2.54. The fourth-order valence-corrected chi connectivity index (χ4v) is 6.26. The van der Waals surface area contributed by atoms with Crippen molar-refractivity contribution in [1.29, 1.82) is 0 Å². The first-order valence-corrected chi connectivity index (χ1v) is 14.0. The van der Waals surface area contributed by atoms with Crippen LogP contribution in [0.1, 0.15) is 12.5 Å². The summed E-state index contributed by atoms with van der Waals surface area (Å²) in [5.74, 6) is 0.956. The second-order valence-corrected chi connectivity index (χ2v) is 10.9. The van der Waals surface area contributed by atoms with Gasteiger partial charge in [0, 0.05) is 26.2 Å². The van der Waals surface area contributed by atoms with Crippen LogP contribution in [0.15, 0.2) is 52.5 Å². The summed E-state index contributed by atoms with van der Waals surface area (Å²) in [7, 11) is -1.97. The van der Waals surface area contributed by atoms with Crippen LogP contribution in [0.3, 0.4) is 0 Å². The molecule has 0 aliphatic carbocycles. The van der Waals surface area contributed by atoms with Gasteiger partial charge in [-0.3, -0.25) is 4.79 Å². The minimum atomic E-state index is -3.60. The van der Waals surface area contributed by atoms with Crippen molar-refractivity contribution in [2.45, 2.75) is 29.9 Å². The van der Waals surface area contributed by atoms with E-state index in [4.69, 9.17) is 9.47 Å². The molecule has 1 saturated heterocycles. The summed E-state index contributed by atoms with van der Waals surface area (Å²) >= 11 is 1.34. The molecule has 1 amide bonds. The second kappa shape index (κ2) is 11.4. The number of nitrogens with zero attached hydrogens (tertiary/aromatic N) is 3. The Kier molecular flexibility index (Phi) is 8.32. The van der Waals surface area contributed by atoms with Gasteiger partial charge in [-0.2, -0.15) is 4.31 Å². The molecule has 2 heterocycles. The lowest BCUT2D eigenvalue weighted by Crippen LogP contribution is -2.40. The highest BCUT2D eigenvalue weighted by molar-refractivity contribution is 7.99. The number of benzene rings is 2. The molecule has 1 fully saturated rings. The number of imidazole rings is 1. The molecule has 11 heteroatoms. The molecule has 0 unspecified atom stereocenters. The van der Waals surface area contributed by atoms with E-state index in [0.29, 0.717) is 50.1 Å². The molecular formula is C24H30N4O5S2. The molecule has 0 radical (unpaired) electrons. The summed E-state index contributed by atoms with van der Waals surface area (Å²) in [6, 6.07) is 12.8. The van der Waals surface area contributed by atoms with E-state index in [1.165, 1.54) is 16.1 Å². The molecule has 0 bridgehead atoms. The largest absolute Gasteiger partial charge is 0.497 e. The quantitative estimate of drug-likeness (QED) is 0.412. The van der Waals surface area contributed by atoms with E-state index in [1.807, 2.05) is 35.8 Å². The Morgan fingerprint density at radius 3 is 2.60 bits per heavy atom. The number of carbonyl (C=O) groups excluding carboxylic acids is 1. The number of amides is 1. The molecule has 1 aliphatic heterocycles. The van der Waals surface area contributed by atoms with E-state index in [9.17, 15) is 13.2 Å². The Bertz CT molecular complexity index is 1270. The number of carbonyl (C=O) groups is 1. The van der Waals surface area contributed by atoms with Crippen LogP contribution in [0.4, 0.5) is 0 Å². The van der Waals surface area contributed by atoms with Gasteiger partial charge in [-0.25, -0.2) is 13.4 Å². The number of aromatic nitrogens is 2. The minimum Gasteiger partial charge on any atom is -0.497 e. The number of thioether (sulfide) groups is 1. The zero-order valence-electron chi connectivity index (χ0n) is 19.9. The number of hydrogen-bond donors (Lipinski definition) is 1. The number of hydrogen-bond acceptors (Lipinski definition) is 7. The maximum atomic E-state index is 13.0. The van der Waals surface area contributed by atoms with Crippen molar-refractivity contribution in [3.8, 4) is 5.75 Å². The summed E-state index contributed by atoms with van der Waals surface area (Å²) in [5, 5.41) is 3.63. The van der Waals surface area contributed by atoms with Gasteiger partial charge < -0.3 is 19.4 Å². The minimum absolute atomic E-state index is 0.0752. The molecule has 2 aromatic carbocycles. The van der Waals surface area contributed by atoms with Crippen molar-refractivity contribution < 1.29 is 22.7 Å². The average Bonchev–Trinajstić information content (AvgIpc) is 3.25. The normalized spacial score (nSPS) is 14.8. The van der Waals surface area contributed by atoms with Crippen molar-refractivity contribution in [2.24, 2.45) is 0 Å². The van der Waals surface area contributed by atoms with Crippen LogP contribution in [-0.2, 0) is 32.5 Å². The molecule has 1 N–H and O–H groups in total. The lowest BCUT2D eigenvalue weighted by Gasteiger charge is -2.26. The van der Waals surface area contributed by atoms with Crippen molar-refractivity contribution in [3.63, 3.8) is 0 Å². The zero-order chi connectivity index (χ0) is 24.8. The number of ether oxygens (including phenoxy) is 2. The number of methoxy groups -OCH3 is 1. The van der Waals surface area contributed by atoms with Gasteiger partial charge >= 0.3 is 0 Å². The van der Waals surface area contributed by atoms with E-state index in [2.05, 4.69) is 10.3 Å². The van der Waals surface area contributed by atoms with Crippen LogP contribution >= 0.6 is 11.8 Å². The topological polar surface area (TPSA) is 103 Å². The van der Waals surface area contributed by atoms with E-state index >= 15 is 0 Å². The highest BCUT2D eigenvalue weighted by atomic mass is 32.2. The summed E-state index contributed by atoms with van der Waals surface area (Å²) in [6.07, 6.45) is 0.730. The van der Waals surface area contributed by atoms with Gasteiger partial charge in [0.15, 0.2) is 5.16 Å². The van der Waals surface area contributed by atoms with Crippen molar-refractivity contribution in [1.82, 2.24) is 19.2 Å². The Morgan fingerprint density at radius 2 is 1.91 bits per heavy atom. The van der Waals surface area contributed by atoms with Gasteiger partial charge in [0.25, 0.3) is 0 Å². The molecule has 1 aromatic heterocycles. The fraction of sp³-hybridized carbons (Fsp3) is 0.417. The maximum Gasteiger partial charge on any atom is 0.243 e. The predicted molar refractivity (Wildman–Crippen MR) is 135 cm³/mol. The number of morpholine rings is 1. The van der Waals surface area contributed by atoms with Crippen molar-refractivity contribution in [3.05, 3.63) is 48.0 Å². The van der Waals surface area contributed by atoms with Gasteiger partial charge in [-0.15, -0.1) is 0 Å². The summed E-state index contributed by atoms with van der Waals surface area (Å²) in [5.41, 5.74) is 2.56. The lowest BCUT2D eigenvalue weighted by molar-refractivity contribution is -0.118. The standard InChI is InChI=1S/C24H30N4O5S2/c1-3-28-22-9-8-20(35(30,31)27-12-14-33-15-13-27)16-21(22)26-24(28)34-17-23(29)25-11-10-18-4-6-19(32-2)7-5-18/h4-9,16H,3,10-15,17H2,1-2H3,(H,25,29). The van der Waals surface area contributed by atoms with Crippen LogP contribution in [0.2, 0.25) is 0 Å². The smallest absolute Gasteiger partial charge is 0.243 e. The Hall–Kier alpha value is -2.60. The SMILES string of the molecule is CCn1c(SCC(=O)NCCc2ccc(OC)cc2)nc2cc(S(=O)(=O)N3CCOCC3)ccc21. The first-order chi connectivity index (χ1) is 16.9. The first kappa shape index (κ1) is 25.5. The molecule has 3 aromatic rings. The summed E-state index contributed by atoms with van der Waals surface area (Å²) in [6.45, 7) is 4.69. The lowest BCUT2D eigenvalue weighted by atomic mass is 10.1. The van der Waals surface area contributed by atoms with Crippen LogP contribution in [0, 0.1) is 0 Å². The molecule has 4 rings (SSSR count). The Balaban J connectivity index is 1.38. The van der Waals surface area contributed by atoms with Crippen LogP contribution in [0.5, 0.6) is 5.75 Å². The van der Waals surface area contributed by atoms with E-state index in [0.717, 1.165) is 23.3 Å². The molecule has 9 nitrogen and oxygen atoms in total. The number of rotatable bonds is 10. The summed E-state index contributed by atoms with van der Waals surface area (Å²) < 4.78 is 39.9. The zero-order valence-corrected chi connectivity index (χ0v) is 21.5. The monoisotopic (exact) mass is 518 g/mol. The van der Waals surface area contributed by atoms with E-state index < -0.39 is 10.0 Å². The van der Waals surface area contributed by atoms with Gasteiger partial charge in [-0.1, -0.05) is 23.9 Å². The molecule has 188 valence electrons. The van der Waals surface area contributed by atoms with Crippen LogP contribution < -0.4 is 10.1 Å². The highest BCUT2D eigenvalue weighted by Crippen LogP contribution is 2.27. The van der Waals surface area contributed by atoms with Gasteiger partial charge in [0.1, 0.15) is 5.75 Å². The second-order valence-electron chi connectivity index (χ2n) is 8.04. The third kappa shape index (κ3) is 5.97. The third-order valence-electron chi connectivity index (χ3n) is 5.84. The van der Waals surface area contributed by atoms with Gasteiger partial charge in [-0.05, 0) is 49.2 Å².